The van der Waals surface area contributed by atoms with Crippen molar-refractivity contribution >= 4 is 11.6 Å². The van der Waals surface area contributed by atoms with Crippen molar-refractivity contribution in [2.75, 3.05) is 11.9 Å². The molecule has 0 saturated carbocycles. The van der Waals surface area contributed by atoms with Gasteiger partial charge in [0.15, 0.2) is 0 Å². The molecule has 0 aliphatic carbocycles. The van der Waals surface area contributed by atoms with Crippen LogP contribution >= 0.6 is 0 Å². The van der Waals surface area contributed by atoms with Crippen molar-refractivity contribution in [3.05, 3.63) is 59.9 Å². The van der Waals surface area contributed by atoms with Gasteiger partial charge in [-0.25, -0.2) is 0 Å². The van der Waals surface area contributed by atoms with Crippen molar-refractivity contribution in [1.29, 1.82) is 0 Å². The fourth-order valence-electron chi connectivity index (χ4n) is 2.04. The molecule has 0 aliphatic rings. The SMILES string of the molecule is CC(C)CCNc1ccnc(C(=O)NCc2ccccc2)c1. The van der Waals surface area contributed by atoms with Crippen LogP contribution in [0.1, 0.15) is 36.3 Å². The van der Waals surface area contributed by atoms with Gasteiger partial charge in [-0.05, 0) is 30.0 Å². The zero-order valence-corrected chi connectivity index (χ0v) is 13.2. The second kappa shape index (κ2) is 8.17. The van der Waals surface area contributed by atoms with Crippen LogP contribution < -0.4 is 10.6 Å². The highest BCUT2D eigenvalue weighted by molar-refractivity contribution is 5.93. The van der Waals surface area contributed by atoms with Crippen LogP contribution in [0.5, 0.6) is 0 Å². The molecule has 22 heavy (non-hydrogen) atoms. The van der Waals surface area contributed by atoms with Crippen LogP contribution in [-0.2, 0) is 6.54 Å². The van der Waals surface area contributed by atoms with Gasteiger partial charge in [0.2, 0.25) is 0 Å². The van der Waals surface area contributed by atoms with Crippen molar-refractivity contribution in [3.8, 4) is 0 Å². The monoisotopic (exact) mass is 297 g/mol. The molecule has 0 fully saturated rings. The molecule has 1 amide bonds. The van der Waals surface area contributed by atoms with Crippen LogP contribution in [-0.4, -0.2) is 17.4 Å². The molecule has 0 saturated heterocycles. The van der Waals surface area contributed by atoms with E-state index in [9.17, 15) is 4.79 Å². The average Bonchev–Trinajstić information content (AvgIpc) is 2.53. The molecule has 2 aromatic rings. The summed E-state index contributed by atoms with van der Waals surface area (Å²) in [6, 6.07) is 13.5. The van der Waals surface area contributed by atoms with E-state index < -0.39 is 0 Å². The van der Waals surface area contributed by atoms with Gasteiger partial charge in [-0.1, -0.05) is 44.2 Å². The van der Waals surface area contributed by atoms with Gasteiger partial charge < -0.3 is 10.6 Å². The van der Waals surface area contributed by atoms with Crippen molar-refractivity contribution in [2.45, 2.75) is 26.8 Å². The summed E-state index contributed by atoms with van der Waals surface area (Å²) in [5.74, 6) is 0.499. The Morgan fingerprint density at radius 1 is 1.18 bits per heavy atom. The smallest absolute Gasteiger partial charge is 0.270 e. The zero-order chi connectivity index (χ0) is 15.8. The summed E-state index contributed by atoms with van der Waals surface area (Å²) in [6.45, 7) is 5.78. The molecule has 0 aliphatic heterocycles. The normalized spacial score (nSPS) is 10.5. The zero-order valence-electron chi connectivity index (χ0n) is 13.2. The second-order valence-corrected chi connectivity index (χ2v) is 5.71. The molecule has 2 rings (SSSR count). The Hall–Kier alpha value is -2.36. The van der Waals surface area contributed by atoms with Crippen LogP contribution in [0.25, 0.3) is 0 Å². The summed E-state index contributed by atoms with van der Waals surface area (Å²) in [6.07, 6.45) is 2.76. The van der Waals surface area contributed by atoms with Crippen molar-refractivity contribution in [2.24, 2.45) is 5.92 Å². The summed E-state index contributed by atoms with van der Waals surface area (Å²) in [5, 5.41) is 6.21. The van der Waals surface area contributed by atoms with Crippen LogP contribution in [0.3, 0.4) is 0 Å². The number of benzene rings is 1. The Kier molecular flexibility index (Phi) is 5.95. The molecule has 1 aromatic carbocycles. The first-order valence-corrected chi connectivity index (χ1v) is 7.67. The molecule has 0 radical (unpaired) electrons. The molecule has 4 heteroatoms. The Balaban J connectivity index is 1.89. The highest BCUT2D eigenvalue weighted by atomic mass is 16.1. The first-order valence-electron chi connectivity index (χ1n) is 7.67. The number of nitrogens with zero attached hydrogens (tertiary/aromatic N) is 1. The lowest BCUT2D eigenvalue weighted by Crippen LogP contribution is -2.23. The molecule has 0 spiro atoms. The summed E-state index contributed by atoms with van der Waals surface area (Å²) in [7, 11) is 0. The molecule has 0 atom stereocenters. The third-order valence-electron chi connectivity index (χ3n) is 3.34. The van der Waals surface area contributed by atoms with E-state index in [2.05, 4.69) is 29.5 Å². The van der Waals surface area contributed by atoms with Crippen molar-refractivity contribution in [1.82, 2.24) is 10.3 Å². The van der Waals surface area contributed by atoms with Crippen molar-refractivity contribution in [3.63, 3.8) is 0 Å². The number of aromatic nitrogens is 1. The fourth-order valence-corrected chi connectivity index (χ4v) is 2.04. The van der Waals surface area contributed by atoms with Crippen LogP contribution in [0.2, 0.25) is 0 Å². The summed E-state index contributed by atoms with van der Waals surface area (Å²) < 4.78 is 0. The van der Waals surface area contributed by atoms with Crippen molar-refractivity contribution < 1.29 is 4.79 Å². The maximum Gasteiger partial charge on any atom is 0.270 e. The first kappa shape index (κ1) is 16.0. The van der Waals surface area contributed by atoms with E-state index in [1.807, 2.05) is 36.4 Å². The van der Waals surface area contributed by atoms with E-state index in [-0.39, 0.29) is 5.91 Å². The van der Waals surface area contributed by atoms with Gasteiger partial charge in [-0.2, -0.15) is 0 Å². The number of hydrogen-bond acceptors (Lipinski definition) is 3. The maximum atomic E-state index is 12.2. The number of carbonyl (C=O) groups is 1. The van der Waals surface area contributed by atoms with Gasteiger partial charge in [0.05, 0.1) is 0 Å². The van der Waals surface area contributed by atoms with Gasteiger partial charge in [0.1, 0.15) is 5.69 Å². The van der Waals surface area contributed by atoms with Gasteiger partial charge in [0.25, 0.3) is 5.91 Å². The molecule has 1 heterocycles. The van der Waals surface area contributed by atoms with E-state index in [0.29, 0.717) is 18.2 Å². The Labute approximate surface area is 132 Å². The Morgan fingerprint density at radius 3 is 2.68 bits per heavy atom. The molecule has 116 valence electrons. The minimum atomic E-state index is -0.156. The lowest BCUT2D eigenvalue weighted by atomic mass is 10.1. The first-order chi connectivity index (χ1) is 10.6. The quantitative estimate of drug-likeness (QED) is 0.823. The van der Waals surface area contributed by atoms with Crippen LogP contribution in [0, 0.1) is 5.92 Å². The standard InChI is InChI=1S/C18H23N3O/c1-14(2)8-10-19-16-9-11-20-17(12-16)18(22)21-13-15-6-4-3-5-7-15/h3-7,9,11-12,14H,8,10,13H2,1-2H3,(H,19,20)(H,21,22). The van der Waals surface area contributed by atoms with Crippen LogP contribution in [0.15, 0.2) is 48.7 Å². The summed E-state index contributed by atoms with van der Waals surface area (Å²) in [4.78, 5) is 16.3. The third-order valence-corrected chi connectivity index (χ3v) is 3.34. The number of anilines is 1. The number of pyridine rings is 1. The predicted octanol–water partition coefficient (Wildman–Crippen LogP) is 3.47. The van der Waals surface area contributed by atoms with Gasteiger partial charge >= 0.3 is 0 Å². The second-order valence-electron chi connectivity index (χ2n) is 5.71. The van der Waals surface area contributed by atoms with Gasteiger partial charge in [0, 0.05) is 25.0 Å². The van der Waals surface area contributed by atoms with E-state index >= 15 is 0 Å². The maximum absolute atomic E-state index is 12.2. The predicted molar refractivity (Wildman–Crippen MR) is 89.8 cm³/mol. The largest absolute Gasteiger partial charge is 0.385 e. The molecular weight excluding hydrogens is 274 g/mol. The van der Waals surface area contributed by atoms with E-state index in [4.69, 9.17) is 0 Å². The lowest BCUT2D eigenvalue weighted by molar-refractivity contribution is 0.0946. The highest BCUT2D eigenvalue weighted by Crippen LogP contribution is 2.09. The number of carbonyl (C=O) groups excluding carboxylic acids is 1. The third kappa shape index (κ3) is 5.20. The molecule has 0 unspecified atom stereocenters. The van der Waals surface area contributed by atoms with Gasteiger partial charge in [-0.3, -0.25) is 9.78 Å². The Bertz CT molecular complexity index is 596. The minimum absolute atomic E-state index is 0.156. The summed E-state index contributed by atoms with van der Waals surface area (Å²) in [5.41, 5.74) is 2.44. The topological polar surface area (TPSA) is 54.0 Å². The number of nitrogens with one attached hydrogen (secondary N) is 2. The fraction of sp³-hybridized carbons (Fsp3) is 0.333. The molecule has 4 nitrogen and oxygen atoms in total. The van der Waals surface area contributed by atoms with Gasteiger partial charge in [-0.15, -0.1) is 0 Å². The number of hydrogen-bond donors (Lipinski definition) is 2. The summed E-state index contributed by atoms with van der Waals surface area (Å²) >= 11 is 0. The Morgan fingerprint density at radius 2 is 1.95 bits per heavy atom. The number of amides is 1. The molecule has 0 bridgehead atoms. The van der Waals surface area contributed by atoms with E-state index in [0.717, 1.165) is 24.2 Å². The molecule has 1 aromatic heterocycles. The lowest BCUT2D eigenvalue weighted by Gasteiger charge is -2.09. The molecule has 2 N–H and O–H groups in total. The van der Waals surface area contributed by atoms with E-state index in [1.165, 1.54) is 0 Å². The average molecular weight is 297 g/mol. The molecular formula is C18H23N3O. The minimum Gasteiger partial charge on any atom is -0.385 e. The highest BCUT2D eigenvalue weighted by Gasteiger charge is 2.07. The van der Waals surface area contributed by atoms with E-state index in [1.54, 1.807) is 12.3 Å². The van der Waals surface area contributed by atoms with Crippen LogP contribution in [0.4, 0.5) is 5.69 Å². The number of rotatable bonds is 7.